The molecule has 1 aliphatic rings. The molecule has 2 aromatic rings. The summed E-state index contributed by atoms with van der Waals surface area (Å²) in [6, 6.07) is 7.99. The highest BCUT2D eigenvalue weighted by molar-refractivity contribution is 5.87. The summed E-state index contributed by atoms with van der Waals surface area (Å²) in [6.45, 7) is 8.06. The average molecular weight is 329 g/mol. The SMILES string of the molecule is C[C@@H]1CN(Cc2ccc(C(=O)O)cc2)C[C@H](C)N1Cc1cocn1. The van der Waals surface area contributed by atoms with Crippen LogP contribution in [0, 0.1) is 0 Å². The summed E-state index contributed by atoms with van der Waals surface area (Å²) in [5.74, 6) is -0.884. The van der Waals surface area contributed by atoms with Gasteiger partial charge in [0, 0.05) is 38.3 Å². The Bertz CT molecular complexity index is 657. The van der Waals surface area contributed by atoms with Gasteiger partial charge in [0.25, 0.3) is 0 Å². The van der Waals surface area contributed by atoms with Gasteiger partial charge in [0.1, 0.15) is 6.26 Å². The quantitative estimate of drug-likeness (QED) is 0.909. The number of benzene rings is 1. The molecule has 1 saturated heterocycles. The highest BCUT2D eigenvalue weighted by Crippen LogP contribution is 2.20. The summed E-state index contributed by atoms with van der Waals surface area (Å²) >= 11 is 0. The number of carbonyl (C=O) groups is 1. The summed E-state index contributed by atoms with van der Waals surface area (Å²) in [7, 11) is 0. The van der Waals surface area contributed by atoms with E-state index in [9.17, 15) is 4.79 Å². The first-order valence-electron chi connectivity index (χ1n) is 8.20. The fourth-order valence-electron chi connectivity index (χ4n) is 3.42. The molecule has 128 valence electrons. The lowest BCUT2D eigenvalue weighted by molar-refractivity contribution is 0.0281. The van der Waals surface area contributed by atoms with Gasteiger partial charge in [-0.15, -0.1) is 0 Å². The van der Waals surface area contributed by atoms with Crippen LogP contribution in [-0.4, -0.2) is 51.0 Å². The molecule has 1 aromatic heterocycles. The molecule has 3 rings (SSSR count). The van der Waals surface area contributed by atoms with Gasteiger partial charge in [0.2, 0.25) is 0 Å². The Labute approximate surface area is 141 Å². The minimum absolute atomic E-state index is 0.331. The number of hydrogen-bond acceptors (Lipinski definition) is 5. The molecule has 0 unspecified atom stereocenters. The van der Waals surface area contributed by atoms with Crippen molar-refractivity contribution in [1.82, 2.24) is 14.8 Å². The van der Waals surface area contributed by atoms with Crippen LogP contribution in [-0.2, 0) is 13.1 Å². The lowest BCUT2D eigenvalue weighted by Gasteiger charge is -2.44. The first-order chi connectivity index (χ1) is 11.5. The van der Waals surface area contributed by atoms with Crippen molar-refractivity contribution in [2.24, 2.45) is 0 Å². The van der Waals surface area contributed by atoms with Crippen molar-refractivity contribution in [2.75, 3.05) is 13.1 Å². The summed E-state index contributed by atoms with van der Waals surface area (Å²) in [5.41, 5.74) is 2.44. The Morgan fingerprint density at radius 3 is 2.42 bits per heavy atom. The van der Waals surface area contributed by atoms with Gasteiger partial charge in [-0.1, -0.05) is 12.1 Å². The minimum Gasteiger partial charge on any atom is -0.478 e. The van der Waals surface area contributed by atoms with E-state index in [-0.39, 0.29) is 0 Å². The van der Waals surface area contributed by atoms with E-state index < -0.39 is 5.97 Å². The molecule has 24 heavy (non-hydrogen) atoms. The standard InChI is InChI=1S/C18H23N3O3/c1-13-7-20(9-15-3-5-16(6-4-15)18(22)23)8-14(2)21(13)10-17-11-24-12-19-17/h3-6,11-14H,7-10H2,1-2H3,(H,22,23)/t13-,14+. The largest absolute Gasteiger partial charge is 0.478 e. The van der Waals surface area contributed by atoms with E-state index in [2.05, 4.69) is 28.6 Å². The topological polar surface area (TPSA) is 69.8 Å². The van der Waals surface area contributed by atoms with Crippen molar-refractivity contribution in [2.45, 2.75) is 39.0 Å². The van der Waals surface area contributed by atoms with Crippen LogP contribution < -0.4 is 0 Å². The van der Waals surface area contributed by atoms with Gasteiger partial charge in [-0.25, -0.2) is 9.78 Å². The van der Waals surface area contributed by atoms with E-state index in [1.54, 1.807) is 18.4 Å². The van der Waals surface area contributed by atoms with Crippen LogP contribution in [0.5, 0.6) is 0 Å². The second kappa shape index (κ2) is 7.15. The molecule has 0 radical (unpaired) electrons. The maximum Gasteiger partial charge on any atom is 0.335 e. The molecular formula is C18H23N3O3. The molecule has 2 heterocycles. The Morgan fingerprint density at radius 2 is 1.88 bits per heavy atom. The van der Waals surface area contributed by atoms with Crippen molar-refractivity contribution in [3.05, 3.63) is 53.7 Å². The van der Waals surface area contributed by atoms with Crippen molar-refractivity contribution in [1.29, 1.82) is 0 Å². The molecule has 1 aromatic carbocycles. The Morgan fingerprint density at radius 1 is 1.21 bits per heavy atom. The molecule has 1 fully saturated rings. The van der Waals surface area contributed by atoms with Crippen LogP contribution in [0.1, 0.15) is 35.5 Å². The monoisotopic (exact) mass is 329 g/mol. The maximum atomic E-state index is 10.9. The number of oxazole rings is 1. The number of carboxylic acid groups (broad SMARTS) is 1. The summed E-state index contributed by atoms with van der Waals surface area (Å²) in [5, 5.41) is 8.97. The third-order valence-corrected chi connectivity index (χ3v) is 4.61. The third kappa shape index (κ3) is 3.83. The second-order valence-corrected chi connectivity index (χ2v) is 6.55. The van der Waals surface area contributed by atoms with Gasteiger partial charge in [-0.05, 0) is 31.5 Å². The zero-order valence-electron chi connectivity index (χ0n) is 14.1. The van der Waals surface area contributed by atoms with Crippen molar-refractivity contribution in [3.63, 3.8) is 0 Å². The van der Waals surface area contributed by atoms with Crippen LogP contribution >= 0.6 is 0 Å². The molecule has 6 heteroatoms. The van der Waals surface area contributed by atoms with Gasteiger partial charge in [0.15, 0.2) is 6.39 Å². The zero-order chi connectivity index (χ0) is 17.1. The van der Waals surface area contributed by atoms with Crippen LogP contribution in [0.4, 0.5) is 0 Å². The summed E-state index contributed by atoms with van der Waals surface area (Å²) < 4.78 is 5.06. The smallest absolute Gasteiger partial charge is 0.335 e. The summed E-state index contributed by atoms with van der Waals surface area (Å²) in [4.78, 5) is 20.0. The minimum atomic E-state index is -0.884. The molecule has 0 amide bonds. The van der Waals surface area contributed by atoms with E-state index >= 15 is 0 Å². The average Bonchev–Trinajstić information content (AvgIpc) is 3.04. The molecule has 1 aliphatic heterocycles. The number of aromatic nitrogens is 1. The van der Waals surface area contributed by atoms with Gasteiger partial charge in [-0.3, -0.25) is 9.80 Å². The Kier molecular flexibility index (Phi) is 4.97. The number of carboxylic acids is 1. The maximum absolute atomic E-state index is 10.9. The zero-order valence-corrected chi connectivity index (χ0v) is 14.1. The van der Waals surface area contributed by atoms with E-state index in [4.69, 9.17) is 9.52 Å². The number of nitrogens with zero attached hydrogens (tertiary/aromatic N) is 3. The number of rotatable bonds is 5. The van der Waals surface area contributed by atoms with Crippen molar-refractivity contribution < 1.29 is 14.3 Å². The summed E-state index contributed by atoms with van der Waals surface area (Å²) in [6.07, 6.45) is 3.18. The number of aromatic carboxylic acids is 1. The molecule has 6 nitrogen and oxygen atoms in total. The van der Waals surface area contributed by atoms with Crippen LogP contribution in [0.15, 0.2) is 41.3 Å². The van der Waals surface area contributed by atoms with Gasteiger partial charge in [-0.2, -0.15) is 0 Å². The van der Waals surface area contributed by atoms with Crippen LogP contribution in [0.3, 0.4) is 0 Å². The highest BCUT2D eigenvalue weighted by atomic mass is 16.4. The van der Waals surface area contributed by atoms with Crippen LogP contribution in [0.2, 0.25) is 0 Å². The van der Waals surface area contributed by atoms with Crippen LogP contribution in [0.25, 0.3) is 0 Å². The lowest BCUT2D eigenvalue weighted by Crippen LogP contribution is -2.55. The lowest BCUT2D eigenvalue weighted by atomic mass is 10.1. The van der Waals surface area contributed by atoms with E-state index in [0.717, 1.165) is 37.4 Å². The van der Waals surface area contributed by atoms with Gasteiger partial charge >= 0.3 is 5.97 Å². The predicted molar refractivity (Wildman–Crippen MR) is 89.6 cm³/mol. The van der Waals surface area contributed by atoms with E-state index in [1.165, 1.54) is 6.39 Å². The normalized spacial score (nSPS) is 22.6. The highest BCUT2D eigenvalue weighted by Gasteiger charge is 2.29. The molecule has 2 atom stereocenters. The fraction of sp³-hybridized carbons (Fsp3) is 0.444. The molecule has 1 N–H and O–H groups in total. The number of piperazine rings is 1. The van der Waals surface area contributed by atoms with Gasteiger partial charge in [0.05, 0.1) is 11.3 Å². The second-order valence-electron chi connectivity index (χ2n) is 6.55. The molecule has 0 spiro atoms. The molecular weight excluding hydrogens is 306 g/mol. The Balaban J connectivity index is 1.60. The van der Waals surface area contributed by atoms with E-state index in [0.29, 0.717) is 17.6 Å². The fourth-order valence-corrected chi connectivity index (χ4v) is 3.42. The first-order valence-corrected chi connectivity index (χ1v) is 8.20. The van der Waals surface area contributed by atoms with Gasteiger partial charge < -0.3 is 9.52 Å². The first kappa shape index (κ1) is 16.7. The molecule has 0 aliphatic carbocycles. The van der Waals surface area contributed by atoms with E-state index in [1.807, 2.05) is 12.1 Å². The molecule has 0 bridgehead atoms. The number of hydrogen-bond donors (Lipinski definition) is 1. The van der Waals surface area contributed by atoms with Crippen molar-refractivity contribution >= 4 is 5.97 Å². The predicted octanol–water partition coefficient (Wildman–Crippen LogP) is 2.47. The van der Waals surface area contributed by atoms with Crippen molar-refractivity contribution in [3.8, 4) is 0 Å². The Hall–Kier alpha value is -2.18. The molecule has 0 saturated carbocycles. The third-order valence-electron chi connectivity index (χ3n) is 4.61.